The summed E-state index contributed by atoms with van der Waals surface area (Å²) in [5, 5.41) is 3.06. The molecule has 0 unspecified atom stereocenters. The van der Waals surface area contributed by atoms with E-state index < -0.39 is 0 Å². The van der Waals surface area contributed by atoms with E-state index in [9.17, 15) is 0 Å². The fourth-order valence-corrected chi connectivity index (χ4v) is 1.76. The molecule has 0 aliphatic carbocycles. The molecular weight excluding hydrogens is 224 g/mol. The van der Waals surface area contributed by atoms with Gasteiger partial charge in [-0.3, -0.25) is 4.98 Å². The van der Waals surface area contributed by atoms with Crippen molar-refractivity contribution in [3.05, 3.63) is 47.9 Å². The molecule has 0 bridgehead atoms. The molecule has 4 nitrogen and oxygen atoms in total. The van der Waals surface area contributed by atoms with Crippen LogP contribution in [-0.2, 0) is 6.54 Å². The highest BCUT2D eigenvalue weighted by molar-refractivity contribution is 5.58. The Morgan fingerprint density at radius 2 is 2.06 bits per heavy atom. The first kappa shape index (κ1) is 12.5. The van der Waals surface area contributed by atoms with Gasteiger partial charge in [0.1, 0.15) is 0 Å². The molecule has 1 aromatic carbocycles. The molecule has 0 atom stereocenters. The van der Waals surface area contributed by atoms with E-state index in [2.05, 4.69) is 40.4 Å². The number of aromatic nitrogens is 2. The lowest BCUT2D eigenvalue weighted by atomic mass is 10.2. The minimum absolute atomic E-state index is 0.738. The zero-order valence-corrected chi connectivity index (χ0v) is 11.0. The molecule has 0 fully saturated rings. The lowest BCUT2D eigenvalue weighted by Crippen LogP contribution is -2.13. The summed E-state index contributed by atoms with van der Waals surface area (Å²) >= 11 is 0. The number of hydrogen-bond acceptors (Lipinski definition) is 4. The molecule has 0 radical (unpaired) electrons. The number of nitrogens with zero attached hydrogens (tertiary/aromatic N) is 3. The number of benzene rings is 1. The quantitative estimate of drug-likeness (QED) is 0.893. The van der Waals surface area contributed by atoms with Gasteiger partial charge in [0, 0.05) is 19.3 Å². The van der Waals surface area contributed by atoms with E-state index in [0.717, 1.165) is 23.7 Å². The Morgan fingerprint density at radius 1 is 1.22 bits per heavy atom. The summed E-state index contributed by atoms with van der Waals surface area (Å²) in [6.45, 7) is 2.82. The fourth-order valence-electron chi connectivity index (χ4n) is 1.76. The van der Waals surface area contributed by atoms with Crippen LogP contribution in [0.4, 0.5) is 11.5 Å². The first-order valence-corrected chi connectivity index (χ1v) is 5.96. The highest BCUT2D eigenvalue weighted by atomic mass is 15.2. The van der Waals surface area contributed by atoms with E-state index in [-0.39, 0.29) is 0 Å². The minimum atomic E-state index is 0.738. The van der Waals surface area contributed by atoms with Gasteiger partial charge in [-0.1, -0.05) is 12.1 Å². The predicted molar refractivity (Wildman–Crippen MR) is 74.0 cm³/mol. The summed E-state index contributed by atoms with van der Waals surface area (Å²) in [4.78, 5) is 10.8. The summed E-state index contributed by atoms with van der Waals surface area (Å²) in [5.74, 6) is 0.848. The molecule has 0 spiro atoms. The van der Waals surface area contributed by atoms with Gasteiger partial charge in [0.05, 0.1) is 18.1 Å². The average Bonchev–Trinajstić information content (AvgIpc) is 2.39. The van der Waals surface area contributed by atoms with E-state index >= 15 is 0 Å². The second-order valence-corrected chi connectivity index (χ2v) is 4.29. The van der Waals surface area contributed by atoms with E-state index in [1.165, 1.54) is 5.56 Å². The monoisotopic (exact) mass is 242 g/mol. The van der Waals surface area contributed by atoms with E-state index in [0.29, 0.717) is 0 Å². The second-order valence-electron chi connectivity index (χ2n) is 4.29. The van der Waals surface area contributed by atoms with Crippen molar-refractivity contribution in [2.75, 3.05) is 19.0 Å². The molecule has 18 heavy (non-hydrogen) atoms. The van der Waals surface area contributed by atoms with E-state index in [1.807, 2.05) is 25.1 Å². The third kappa shape index (κ3) is 2.84. The van der Waals surface area contributed by atoms with Gasteiger partial charge in [-0.05, 0) is 31.7 Å². The molecule has 94 valence electrons. The van der Waals surface area contributed by atoms with Crippen LogP contribution >= 0.6 is 0 Å². The highest BCUT2D eigenvalue weighted by Crippen LogP contribution is 2.21. The lowest BCUT2D eigenvalue weighted by Gasteiger charge is -2.18. The summed E-state index contributed by atoms with van der Waals surface area (Å²) in [6, 6.07) is 8.32. The van der Waals surface area contributed by atoms with Gasteiger partial charge < -0.3 is 10.2 Å². The third-order valence-electron chi connectivity index (χ3n) is 2.78. The van der Waals surface area contributed by atoms with Crippen molar-refractivity contribution in [3.8, 4) is 0 Å². The van der Waals surface area contributed by atoms with Crippen LogP contribution in [-0.4, -0.2) is 24.1 Å². The molecule has 0 saturated heterocycles. The molecular formula is C14H18N4. The molecule has 2 rings (SSSR count). The molecule has 0 amide bonds. The van der Waals surface area contributed by atoms with Crippen molar-refractivity contribution >= 4 is 11.5 Å². The summed E-state index contributed by atoms with van der Waals surface area (Å²) in [5.41, 5.74) is 3.30. The number of nitrogens with one attached hydrogen (secondary N) is 1. The Labute approximate surface area is 108 Å². The van der Waals surface area contributed by atoms with Crippen LogP contribution in [0.2, 0.25) is 0 Å². The molecule has 1 heterocycles. The van der Waals surface area contributed by atoms with Crippen LogP contribution in [0.1, 0.15) is 11.3 Å². The first-order valence-electron chi connectivity index (χ1n) is 5.96. The molecule has 1 aromatic heterocycles. The average molecular weight is 242 g/mol. The molecule has 1 N–H and O–H groups in total. The Balaban J connectivity index is 2.20. The maximum Gasteiger partial charge on any atom is 0.151 e. The van der Waals surface area contributed by atoms with Crippen LogP contribution in [0.3, 0.4) is 0 Å². The van der Waals surface area contributed by atoms with Gasteiger partial charge in [-0.15, -0.1) is 0 Å². The number of hydrogen-bond donors (Lipinski definition) is 1. The van der Waals surface area contributed by atoms with Gasteiger partial charge >= 0.3 is 0 Å². The van der Waals surface area contributed by atoms with Crippen molar-refractivity contribution in [1.29, 1.82) is 0 Å². The van der Waals surface area contributed by atoms with Crippen molar-refractivity contribution in [1.82, 2.24) is 15.3 Å². The Bertz CT molecular complexity index is 507. The van der Waals surface area contributed by atoms with Gasteiger partial charge in [-0.25, -0.2) is 4.98 Å². The normalized spacial score (nSPS) is 10.4. The van der Waals surface area contributed by atoms with Crippen molar-refractivity contribution in [2.45, 2.75) is 13.5 Å². The van der Waals surface area contributed by atoms with Crippen LogP contribution in [0.5, 0.6) is 0 Å². The fraction of sp³-hybridized carbons (Fsp3) is 0.286. The summed E-state index contributed by atoms with van der Waals surface area (Å²) < 4.78 is 0. The van der Waals surface area contributed by atoms with Crippen LogP contribution in [0, 0.1) is 6.92 Å². The highest BCUT2D eigenvalue weighted by Gasteiger charge is 2.05. The Hall–Kier alpha value is -1.94. The molecule has 0 saturated carbocycles. The third-order valence-corrected chi connectivity index (χ3v) is 2.78. The number of anilines is 2. The first-order chi connectivity index (χ1) is 8.70. The molecule has 4 heteroatoms. The Kier molecular flexibility index (Phi) is 3.89. The van der Waals surface area contributed by atoms with E-state index in [1.54, 1.807) is 12.4 Å². The van der Waals surface area contributed by atoms with Crippen LogP contribution in [0.25, 0.3) is 0 Å². The standard InChI is InChI=1S/C14H18N4/c1-11-5-4-6-13(7-11)18(3)14-10-16-12(8-15-2)9-17-14/h4-7,9-10,15H,8H2,1-3H3. The smallest absolute Gasteiger partial charge is 0.151 e. The minimum Gasteiger partial charge on any atom is -0.328 e. The SMILES string of the molecule is CNCc1cnc(N(C)c2cccc(C)c2)cn1. The largest absolute Gasteiger partial charge is 0.328 e. The van der Waals surface area contributed by atoms with Gasteiger partial charge in [0.2, 0.25) is 0 Å². The second kappa shape index (κ2) is 5.60. The number of rotatable bonds is 4. The topological polar surface area (TPSA) is 41.1 Å². The van der Waals surface area contributed by atoms with Crippen molar-refractivity contribution in [3.63, 3.8) is 0 Å². The van der Waals surface area contributed by atoms with Gasteiger partial charge in [0.15, 0.2) is 5.82 Å². The maximum atomic E-state index is 4.43. The Morgan fingerprint density at radius 3 is 2.67 bits per heavy atom. The van der Waals surface area contributed by atoms with Crippen molar-refractivity contribution < 1.29 is 0 Å². The summed E-state index contributed by atoms with van der Waals surface area (Å²) in [6.07, 6.45) is 3.60. The van der Waals surface area contributed by atoms with Gasteiger partial charge in [0.25, 0.3) is 0 Å². The predicted octanol–water partition coefficient (Wildman–Crippen LogP) is 2.27. The molecule has 0 aliphatic rings. The molecule has 2 aromatic rings. The van der Waals surface area contributed by atoms with Crippen molar-refractivity contribution in [2.24, 2.45) is 0 Å². The summed E-state index contributed by atoms with van der Waals surface area (Å²) in [7, 11) is 3.89. The lowest BCUT2D eigenvalue weighted by molar-refractivity contribution is 0.783. The van der Waals surface area contributed by atoms with Crippen LogP contribution < -0.4 is 10.2 Å². The zero-order valence-electron chi connectivity index (χ0n) is 11.0. The van der Waals surface area contributed by atoms with E-state index in [4.69, 9.17) is 0 Å². The van der Waals surface area contributed by atoms with Gasteiger partial charge in [-0.2, -0.15) is 0 Å². The zero-order chi connectivity index (χ0) is 13.0. The maximum absolute atomic E-state index is 4.43. The van der Waals surface area contributed by atoms with Crippen LogP contribution in [0.15, 0.2) is 36.7 Å². The number of aryl methyl sites for hydroxylation is 1. The molecule has 0 aliphatic heterocycles.